The van der Waals surface area contributed by atoms with E-state index < -0.39 is 0 Å². The highest BCUT2D eigenvalue weighted by molar-refractivity contribution is 6.38. The van der Waals surface area contributed by atoms with E-state index in [-0.39, 0.29) is 5.41 Å². The van der Waals surface area contributed by atoms with Crippen molar-refractivity contribution in [2.45, 2.75) is 19.3 Å². The summed E-state index contributed by atoms with van der Waals surface area (Å²) in [7, 11) is 0. The van der Waals surface area contributed by atoms with Crippen LogP contribution >= 0.6 is 0 Å². The average molecular weight is 803 g/mol. The van der Waals surface area contributed by atoms with Gasteiger partial charge in [0.15, 0.2) is 0 Å². The number of benzene rings is 11. The molecular formula is C61H42N2. The van der Waals surface area contributed by atoms with Gasteiger partial charge in [0.2, 0.25) is 0 Å². The van der Waals surface area contributed by atoms with Crippen LogP contribution in [0.5, 0.6) is 0 Å². The summed E-state index contributed by atoms with van der Waals surface area (Å²) in [5, 5.41) is 12.6. The number of fused-ring (bicyclic) bond motifs is 14. The molecular weight excluding hydrogens is 761 g/mol. The van der Waals surface area contributed by atoms with E-state index in [2.05, 4.69) is 242 Å². The number of rotatable bonds is 5. The summed E-state index contributed by atoms with van der Waals surface area (Å²) in [5.41, 5.74) is 14.8. The zero-order chi connectivity index (χ0) is 41.8. The van der Waals surface area contributed by atoms with Crippen LogP contribution in [0.4, 0.5) is 17.1 Å². The van der Waals surface area contributed by atoms with Crippen molar-refractivity contribution in [2.75, 3.05) is 4.90 Å². The summed E-state index contributed by atoms with van der Waals surface area (Å²) in [6.07, 6.45) is 0. The quantitative estimate of drug-likeness (QED) is 0.157. The molecule has 13 rings (SSSR count). The summed E-state index contributed by atoms with van der Waals surface area (Å²) >= 11 is 0. The fourth-order valence-electron chi connectivity index (χ4n) is 11.1. The smallest absolute Gasteiger partial charge is 0.0626 e. The molecule has 0 fully saturated rings. The van der Waals surface area contributed by atoms with Crippen LogP contribution in [-0.4, -0.2) is 4.57 Å². The molecule has 1 heterocycles. The average Bonchev–Trinajstić information content (AvgIpc) is 3.81. The van der Waals surface area contributed by atoms with Crippen molar-refractivity contribution in [3.63, 3.8) is 0 Å². The van der Waals surface area contributed by atoms with E-state index in [0.717, 1.165) is 17.1 Å². The molecule has 0 aliphatic heterocycles. The van der Waals surface area contributed by atoms with Gasteiger partial charge in [-0.2, -0.15) is 0 Å². The van der Waals surface area contributed by atoms with Crippen molar-refractivity contribution in [3.05, 3.63) is 230 Å². The first kappa shape index (κ1) is 35.8. The fraction of sp³-hybridized carbons (Fsp3) is 0.0492. The summed E-state index contributed by atoms with van der Waals surface area (Å²) in [5.74, 6) is 0. The molecule has 0 atom stereocenters. The van der Waals surface area contributed by atoms with E-state index in [1.165, 1.54) is 104 Å². The lowest BCUT2D eigenvalue weighted by molar-refractivity contribution is 0.660. The van der Waals surface area contributed by atoms with Crippen LogP contribution in [0.1, 0.15) is 25.0 Å². The Bertz CT molecular complexity index is 3810. The van der Waals surface area contributed by atoms with Crippen LogP contribution < -0.4 is 4.90 Å². The molecule has 296 valence electrons. The SMILES string of the molecule is CC1(C)c2ccccc2-c2ccc(N(c3ccc(-c4cc5c6ccccc6c6c(c7ccccc7n6-c6ccccc6)c5c5ccccc45)cc3)c3cccc4ccccc34)cc21. The van der Waals surface area contributed by atoms with Crippen molar-refractivity contribution in [3.8, 4) is 27.9 Å². The molecule has 2 heteroatoms. The maximum absolute atomic E-state index is 2.47. The molecule has 0 saturated heterocycles. The minimum atomic E-state index is -0.112. The first-order chi connectivity index (χ1) is 31.0. The molecule has 1 aromatic heterocycles. The third-order valence-corrected chi connectivity index (χ3v) is 13.9. The second-order valence-corrected chi connectivity index (χ2v) is 17.6. The van der Waals surface area contributed by atoms with Gasteiger partial charge in [-0.3, -0.25) is 0 Å². The molecule has 0 radical (unpaired) electrons. The van der Waals surface area contributed by atoms with Crippen molar-refractivity contribution >= 4 is 82.0 Å². The van der Waals surface area contributed by atoms with E-state index in [1.807, 2.05) is 0 Å². The number of nitrogens with zero attached hydrogens (tertiary/aromatic N) is 2. The highest BCUT2D eigenvalue weighted by Gasteiger charge is 2.36. The van der Waals surface area contributed by atoms with E-state index >= 15 is 0 Å². The van der Waals surface area contributed by atoms with Gasteiger partial charge in [0, 0.05) is 49.4 Å². The van der Waals surface area contributed by atoms with E-state index in [9.17, 15) is 0 Å². The third kappa shape index (κ3) is 5.19. The predicted molar refractivity (Wildman–Crippen MR) is 268 cm³/mol. The van der Waals surface area contributed by atoms with Gasteiger partial charge in [-0.25, -0.2) is 0 Å². The number of hydrogen-bond acceptors (Lipinski definition) is 1. The Morgan fingerprint density at radius 2 is 1.00 bits per heavy atom. The normalized spacial score (nSPS) is 13.0. The van der Waals surface area contributed by atoms with E-state index in [1.54, 1.807) is 0 Å². The monoisotopic (exact) mass is 802 g/mol. The molecule has 1 aliphatic rings. The van der Waals surface area contributed by atoms with Crippen molar-refractivity contribution in [1.82, 2.24) is 4.57 Å². The minimum absolute atomic E-state index is 0.112. The molecule has 11 aromatic carbocycles. The van der Waals surface area contributed by atoms with Crippen LogP contribution in [0.3, 0.4) is 0 Å². The Balaban J connectivity index is 1.03. The van der Waals surface area contributed by atoms with Gasteiger partial charge in [-0.15, -0.1) is 0 Å². The van der Waals surface area contributed by atoms with Crippen molar-refractivity contribution < 1.29 is 0 Å². The van der Waals surface area contributed by atoms with Gasteiger partial charge in [-0.1, -0.05) is 178 Å². The maximum Gasteiger partial charge on any atom is 0.0626 e. The van der Waals surface area contributed by atoms with Crippen molar-refractivity contribution in [2.24, 2.45) is 0 Å². The van der Waals surface area contributed by atoms with Gasteiger partial charge in [0.05, 0.1) is 16.7 Å². The summed E-state index contributed by atoms with van der Waals surface area (Å²) in [4.78, 5) is 2.46. The van der Waals surface area contributed by atoms with Crippen LogP contribution in [0.25, 0.3) is 92.8 Å². The minimum Gasteiger partial charge on any atom is -0.310 e. The van der Waals surface area contributed by atoms with Gasteiger partial charge < -0.3 is 9.47 Å². The Labute approximate surface area is 366 Å². The first-order valence-corrected chi connectivity index (χ1v) is 22.0. The molecule has 1 aliphatic carbocycles. The van der Waals surface area contributed by atoms with Gasteiger partial charge in [-0.05, 0) is 115 Å². The lowest BCUT2D eigenvalue weighted by Crippen LogP contribution is -2.16. The van der Waals surface area contributed by atoms with Gasteiger partial charge >= 0.3 is 0 Å². The molecule has 0 N–H and O–H groups in total. The lowest BCUT2D eigenvalue weighted by Gasteiger charge is -2.29. The molecule has 0 spiro atoms. The van der Waals surface area contributed by atoms with Crippen LogP contribution in [0.15, 0.2) is 218 Å². The third-order valence-electron chi connectivity index (χ3n) is 13.9. The Morgan fingerprint density at radius 1 is 0.381 bits per heavy atom. The second-order valence-electron chi connectivity index (χ2n) is 17.6. The number of hydrogen-bond donors (Lipinski definition) is 0. The van der Waals surface area contributed by atoms with E-state index in [4.69, 9.17) is 0 Å². The molecule has 0 amide bonds. The Hall–Kier alpha value is -7.94. The number of anilines is 3. The number of aromatic nitrogens is 1. The fourth-order valence-corrected chi connectivity index (χ4v) is 11.1. The molecule has 0 saturated carbocycles. The summed E-state index contributed by atoms with van der Waals surface area (Å²) in [6, 6.07) is 80.9. The molecule has 63 heavy (non-hydrogen) atoms. The first-order valence-electron chi connectivity index (χ1n) is 22.0. The summed E-state index contributed by atoms with van der Waals surface area (Å²) in [6.45, 7) is 4.73. The zero-order valence-corrected chi connectivity index (χ0v) is 35.2. The lowest BCUT2D eigenvalue weighted by atomic mass is 9.82. The number of para-hydroxylation sites is 2. The van der Waals surface area contributed by atoms with Crippen molar-refractivity contribution in [1.29, 1.82) is 0 Å². The standard InChI is InChI=1S/C61H42N2/c1-61(2)54-28-14-12-24-47(54)48-36-35-43(37-55(48)61)62(56-30-16-18-39-17-6-7-21-44(39)56)42-33-31-40(32-34-42)52-38-53-46-23-9-11-26-50(46)60-59(58(53)49-25-10-8-22-45(49)52)51-27-13-15-29-57(51)63(60)41-19-4-3-5-20-41/h3-38H,1-2H3. The molecule has 0 unspecified atom stereocenters. The van der Waals surface area contributed by atoms with Crippen LogP contribution in [0, 0.1) is 0 Å². The molecule has 0 bridgehead atoms. The maximum atomic E-state index is 2.47. The molecule has 2 nitrogen and oxygen atoms in total. The highest BCUT2D eigenvalue weighted by atomic mass is 15.1. The zero-order valence-electron chi connectivity index (χ0n) is 35.2. The molecule has 12 aromatic rings. The van der Waals surface area contributed by atoms with Gasteiger partial charge in [0.1, 0.15) is 0 Å². The predicted octanol–water partition coefficient (Wildman–Crippen LogP) is 16.8. The van der Waals surface area contributed by atoms with Crippen LogP contribution in [-0.2, 0) is 5.41 Å². The topological polar surface area (TPSA) is 8.17 Å². The Morgan fingerprint density at radius 3 is 1.83 bits per heavy atom. The van der Waals surface area contributed by atoms with Gasteiger partial charge in [0.25, 0.3) is 0 Å². The Kier molecular flexibility index (Phi) is 7.68. The van der Waals surface area contributed by atoms with E-state index in [0.29, 0.717) is 0 Å². The second kappa shape index (κ2) is 13.5. The summed E-state index contributed by atoms with van der Waals surface area (Å²) < 4.78 is 2.47. The largest absolute Gasteiger partial charge is 0.310 e. The van der Waals surface area contributed by atoms with Crippen LogP contribution in [0.2, 0.25) is 0 Å². The highest BCUT2D eigenvalue weighted by Crippen LogP contribution is 2.52.